The average molecular weight is 379 g/mol. The van der Waals surface area contributed by atoms with E-state index in [-0.39, 0.29) is 29.5 Å². The van der Waals surface area contributed by atoms with Crippen LogP contribution in [0, 0.1) is 11.7 Å². The summed E-state index contributed by atoms with van der Waals surface area (Å²) in [6, 6.07) is 13.9. The van der Waals surface area contributed by atoms with Crippen LogP contribution in [0.5, 0.6) is 0 Å². The maximum absolute atomic E-state index is 14.4. The number of carbonyl (C=O) groups excluding carboxylic acids is 2. The topological polar surface area (TPSA) is 61.4 Å². The van der Waals surface area contributed by atoms with Gasteiger partial charge < -0.3 is 10.3 Å². The van der Waals surface area contributed by atoms with Crippen LogP contribution in [-0.2, 0) is 16.1 Å². The Balaban J connectivity index is 1.71. The summed E-state index contributed by atoms with van der Waals surface area (Å²) in [5.74, 6) is -0.708. The summed E-state index contributed by atoms with van der Waals surface area (Å²) in [5.41, 5.74) is 6.11. The predicted molar refractivity (Wildman–Crippen MR) is 104 cm³/mol. The number of hydrazine groups is 1. The van der Waals surface area contributed by atoms with Crippen LogP contribution >= 0.6 is 0 Å². The van der Waals surface area contributed by atoms with Crippen molar-refractivity contribution in [3.8, 4) is 0 Å². The second-order valence-electron chi connectivity index (χ2n) is 7.17. The molecule has 6 heteroatoms. The van der Waals surface area contributed by atoms with Crippen molar-refractivity contribution in [2.45, 2.75) is 25.9 Å². The Labute approximate surface area is 163 Å². The molecule has 0 spiro atoms. The maximum atomic E-state index is 14.4. The van der Waals surface area contributed by atoms with Gasteiger partial charge in [-0.25, -0.2) is 9.82 Å². The fourth-order valence-corrected chi connectivity index (χ4v) is 3.85. The van der Waals surface area contributed by atoms with Gasteiger partial charge in [0.2, 0.25) is 0 Å². The van der Waals surface area contributed by atoms with Gasteiger partial charge in [-0.2, -0.15) is 0 Å². The van der Waals surface area contributed by atoms with Gasteiger partial charge in [0.05, 0.1) is 18.2 Å². The number of rotatable bonds is 5. The molecule has 4 rings (SSSR count). The number of hydrogen-bond donors (Lipinski definition) is 2. The minimum Gasteiger partial charge on any atom is -0.344 e. The molecule has 0 saturated heterocycles. The molecule has 0 aromatic heterocycles. The van der Waals surface area contributed by atoms with E-state index in [9.17, 15) is 14.0 Å². The Bertz CT molecular complexity index is 971. The lowest BCUT2D eigenvalue weighted by Gasteiger charge is -2.33. The normalized spacial score (nSPS) is 19.3. The van der Waals surface area contributed by atoms with Crippen molar-refractivity contribution in [1.82, 2.24) is 15.8 Å². The van der Waals surface area contributed by atoms with Gasteiger partial charge in [-0.15, -0.1) is 0 Å². The largest absolute Gasteiger partial charge is 0.344 e. The number of nitrogens with one attached hydrogen (secondary N) is 2. The highest BCUT2D eigenvalue weighted by Crippen LogP contribution is 2.39. The van der Waals surface area contributed by atoms with E-state index >= 15 is 0 Å². The highest BCUT2D eigenvalue weighted by Gasteiger charge is 2.43. The minimum absolute atomic E-state index is 0.145. The van der Waals surface area contributed by atoms with Crippen LogP contribution in [0.25, 0.3) is 5.57 Å². The van der Waals surface area contributed by atoms with Gasteiger partial charge in [0.25, 0.3) is 5.91 Å². The van der Waals surface area contributed by atoms with E-state index in [2.05, 4.69) is 10.7 Å². The van der Waals surface area contributed by atoms with Crippen LogP contribution in [0.4, 0.5) is 4.39 Å². The van der Waals surface area contributed by atoms with Crippen LogP contribution in [-0.4, -0.2) is 23.7 Å². The SMILES string of the molecule is CNN1Cc2c(F)cccc2C(C(=O)N[C@H](c2ccccc2)C2CC2=O)=C1C. The van der Waals surface area contributed by atoms with Crippen molar-refractivity contribution in [1.29, 1.82) is 0 Å². The summed E-state index contributed by atoms with van der Waals surface area (Å²) in [4.78, 5) is 25.1. The molecule has 1 aliphatic heterocycles. The van der Waals surface area contributed by atoms with E-state index in [0.717, 1.165) is 5.56 Å². The van der Waals surface area contributed by atoms with Crippen molar-refractivity contribution in [2.24, 2.45) is 5.92 Å². The van der Waals surface area contributed by atoms with Crippen LogP contribution in [0.3, 0.4) is 0 Å². The number of halogens is 1. The fraction of sp³-hybridized carbons (Fsp3) is 0.273. The third kappa shape index (κ3) is 3.20. The maximum Gasteiger partial charge on any atom is 0.254 e. The first-order valence-electron chi connectivity index (χ1n) is 9.33. The number of allylic oxidation sites excluding steroid dienone is 1. The molecule has 2 atom stereocenters. The summed E-state index contributed by atoms with van der Waals surface area (Å²) in [5, 5.41) is 4.79. The molecule has 0 bridgehead atoms. The number of benzene rings is 2. The molecule has 144 valence electrons. The first-order valence-corrected chi connectivity index (χ1v) is 9.33. The number of nitrogens with zero attached hydrogens (tertiary/aromatic N) is 1. The van der Waals surface area contributed by atoms with Crippen molar-refractivity contribution in [3.05, 3.63) is 76.7 Å². The molecule has 2 N–H and O–H groups in total. The van der Waals surface area contributed by atoms with Crippen molar-refractivity contribution in [2.75, 3.05) is 7.05 Å². The Morgan fingerprint density at radius 3 is 2.54 bits per heavy atom. The van der Waals surface area contributed by atoms with E-state index in [4.69, 9.17) is 0 Å². The molecule has 2 aromatic rings. The molecule has 1 fully saturated rings. The summed E-state index contributed by atoms with van der Waals surface area (Å²) >= 11 is 0. The van der Waals surface area contributed by atoms with Crippen LogP contribution in [0.15, 0.2) is 54.2 Å². The summed E-state index contributed by atoms with van der Waals surface area (Å²) in [7, 11) is 1.74. The van der Waals surface area contributed by atoms with Gasteiger partial charge in [-0.3, -0.25) is 9.59 Å². The number of fused-ring (bicyclic) bond motifs is 1. The highest BCUT2D eigenvalue weighted by atomic mass is 19.1. The smallest absolute Gasteiger partial charge is 0.254 e. The fourth-order valence-electron chi connectivity index (χ4n) is 3.85. The molecular formula is C22H22FN3O2. The second kappa shape index (κ2) is 7.20. The number of ketones is 1. The zero-order valence-corrected chi connectivity index (χ0v) is 15.8. The van der Waals surface area contributed by atoms with Gasteiger partial charge in [-0.1, -0.05) is 42.5 Å². The molecule has 28 heavy (non-hydrogen) atoms. The molecule has 1 aliphatic carbocycles. The second-order valence-corrected chi connectivity index (χ2v) is 7.17. The lowest BCUT2D eigenvalue weighted by molar-refractivity contribution is -0.116. The Morgan fingerprint density at radius 1 is 1.18 bits per heavy atom. The predicted octanol–water partition coefficient (Wildman–Crippen LogP) is 2.95. The van der Waals surface area contributed by atoms with Gasteiger partial charge in [-0.05, 0) is 24.1 Å². The molecule has 1 unspecified atom stereocenters. The molecule has 1 amide bonds. The van der Waals surface area contributed by atoms with E-state index in [1.807, 2.05) is 37.3 Å². The number of Topliss-reactive ketones (excluding diaryl/α,β-unsaturated/α-hetero) is 1. The first kappa shape index (κ1) is 18.4. The van der Waals surface area contributed by atoms with Gasteiger partial charge in [0, 0.05) is 30.6 Å². The minimum atomic E-state index is -0.386. The lowest BCUT2D eigenvalue weighted by Crippen LogP contribution is -2.40. The number of hydrogen-bond acceptors (Lipinski definition) is 4. The van der Waals surface area contributed by atoms with Crippen LogP contribution in [0.2, 0.25) is 0 Å². The molecule has 0 radical (unpaired) electrons. The molecule has 1 heterocycles. The molecule has 5 nitrogen and oxygen atoms in total. The van der Waals surface area contributed by atoms with E-state index in [1.165, 1.54) is 6.07 Å². The van der Waals surface area contributed by atoms with Gasteiger partial charge in [0.15, 0.2) is 0 Å². The summed E-state index contributed by atoms with van der Waals surface area (Å²) < 4.78 is 14.4. The first-order chi connectivity index (χ1) is 13.5. The van der Waals surface area contributed by atoms with Crippen molar-refractivity contribution < 1.29 is 14.0 Å². The Hall–Kier alpha value is -2.99. The average Bonchev–Trinajstić information content (AvgIpc) is 3.42. The van der Waals surface area contributed by atoms with Crippen molar-refractivity contribution in [3.63, 3.8) is 0 Å². The molecule has 2 aromatic carbocycles. The number of amides is 1. The lowest BCUT2D eigenvalue weighted by atomic mass is 9.92. The third-order valence-corrected chi connectivity index (χ3v) is 5.49. The van der Waals surface area contributed by atoms with E-state index in [0.29, 0.717) is 35.4 Å². The monoisotopic (exact) mass is 379 g/mol. The van der Waals surface area contributed by atoms with Gasteiger partial charge in [0.1, 0.15) is 11.6 Å². The van der Waals surface area contributed by atoms with E-state index in [1.54, 1.807) is 24.2 Å². The quantitative estimate of drug-likeness (QED) is 0.839. The zero-order valence-electron chi connectivity index (χ0n) is 15.8. The molecule has 1 saturated carbocycles. The summed E-state index contributed by atoms with van der Waals surface area (Å²) in [6.45, 7) is 2.17. The third-order valence-electron chi connectivity index (χ3n) is 5.49. The Kier molecular flexibility index (Phi) is 4.73. The van der Waals surface area contributed by atoms with Crippen LogP contribution in [0.1, 0.15) is 36.1 Å². The summed E-state index contributed by atoms with van der Waals surface area (Å²) in [6.07, 6.45) is 0.464. The number of carbonyl (C=O) groups is 2. The van der Waals surface area contributed by atoms with Crippen molar-refractivity contribution >= 4 is 17.3 Å². The highest BCUT2D eigenvalue weighted by molar-refractivity contribution is 6.21. The molecular weight excluding hydrogens is 357 g/mol. The molecule has 2 aliphatic rings. The standard InChI is InChI=1S/C22H22FN3O2/c1-13-20(15-9-6-10-18(23)17(15)12-26(13)24-2)22(28)25-21(16-11-19(16)27)14-7-4-3-5-8-14/h3-10,16,21,24H,11-12H2,1-2H3,(H,25,28)/t16?,21-/m1/s1. The zero-order chi connectivity index (χ0) is 19.8. The van der Waals surface area contributed by atoms with Gasteiger partial charge >= 0.3 is 0 Å². The Morgan fingerprint density at radius 2 is 1.89 bits per heavy atom. The van der Waals surface area contributed by atoms with Crippen LogP contribution < -0.4 is 10.7 Å². The van der Waals surface area contributed by atoms with E-state index < -0.39 is 0 Å².